The molecule has 5 nitrogen and oxygen atoms in total. The van der Waals surface area contributed by atoms with Crippen LogP contribution >= 0.6 is 0 Å². The summed E-state index contributed by atoms with van der Waals surface area (Å²) in [5, 5.41) is 12.3. The molecule has 128 valence electrons. The van der Waals surface area contributed by atoms with Gasteiger partial charge in [0.15, 0.2) is 0 Å². The molecule has 2 aromatic rings. The highest BCUT2D eigenvalue weighted by molar-refractivity contribution is 5.94. The van der Waals surface area contributed by atoms with Crippen LogP contribution in [0.2, 0.25) is 0 Å². The Kier molecular flexibility index (Phi) is 6.32. The zero-order valence-electron chi connectivity index (χ0n) is 14.3. The summed E-state index contributed by atoms with van der Waals surface area (Å²) in [6.07, 6.45) is 3.61. The number of rotatable bonds is 7. The molecule has 0 bridgehead atoms. The number of carbonyl (C=O) groups excluding carboxylic acids is 1. The summed E-state index contributed by atoms with van der Waals surface area (Å²) in [7, 11) is 0. The van der Waals surface area contributed by atoms with E-state index < -0.39 is 0 Å². The Balaban J connectivity index is 2.03. The molecule has 0 aliphatic carbocycles. The van der Waals surface area contributed by atoms with E-state index in [1.165, 1.54) is 0 Å². The molecule has 0 spiro atoms. The Bertz CT molecular complexity index is 672. The van der Waals surface area contributed by atoms with E-state index in [4.69, 9.17) is 4.74 Å². The van der Waals surface area contributed by atoms with Gasteiger partial charge in [0, 0.05) is 24.5 Å². The molecule has 2 unspecified atom stereocenters. The maximum atomic E-state index is 12.3. The van der Waals surface area contributed by atoms with Crippen LogP contribution in [-0.2, 0) is 0 Å². The molecule has 2 N–H and O–H groups in total. The van der Waals surface area contributed by atoms with Gasteiger partial charge in [0.05, 0.1) is 6.10 Å². The summed E-state index contributed by atoms with van der Waals surface area (Å²) in [5.74, 6) is 1.39. The number of ether oxygens (including phenoxy) is 1. The first-order chi connectivity index (χ1) is 11.5. The molecule has 2 rings (SSSR count). The van der Waals surface area contributed by atoms with E-state index in [0.29, 0.717) is 30.0 Å². The van der Waals surface area contributed by atoms with E-state index in [1.54, 1.807) is 43.6 Å². The molecule has 0 saturated heterocycles. The van der Waals surface area contributed by atoms with Gasteiger partial charge >= 0.3 is 0 Å². The molecule has 2 atom stereocenters. The molecule has 24 heavy (non-hydrogen) atoms. The van der Waals surface area contributed by atoms with Gasteiger partial charge in [-0.3, -0.25) is 9.78 Å². The molecule has 0 aliphatic heterocycles. The van der Waals surface area contributed by atoms with Crippen molar-refractivity contribution >= 4 is 5.91 Å². The largest absolute Gasteiger partial charge is 0.457 e. The molecule has 0 aliphatic rings. The van der Waals surface area contributed by atoms with Gasteiger partial charge < -0.3 is 15.2 Å². The Morgan fingerprint density at radius 2 is 1.96 bits per heavy atom. The molecule has 0 radical (unpaired) electrons. The summed E-state index contributed by atoms with van der Waals surface area (Å²) in [6.45, 7) is 6.21. The molecule has 1 aromatic heterocycles. The first-order valence-electron chi connectivity index (χ1n) is 8.10. The SMILES string of the molecule is Cc1ccc(C(=O)NCC(C)CC(C)O)cc1Oc1ccncc1. The van der Waals surface area contributed by atoms with Crippen molar-refractivity contribution in [2.24, 2.45) is 5.92 Å². The van der Waals surface area contributed by atoms with Crippen molar-refractivity contribution in [2.45, 2.75) is 33.3 Å². The van der Waals surface area contributed by atoms with E-state index in [1.807, 2.05) is 19.9 Å². The van der Waals surface area contributed by atoms with Crippen molar-refractivity contribution in [3.05, 3.63) is 53.9 Å². The monoisotopic (exact) mass is 328 g/mol. The minimum absolute atomic E-state index is 0.146. The molecule has 1 amide bonds. The van der Waals surface area contributed by atoms with Crippen LogP contribution in [0.1, 0.15) is 36.2 Å². The van der Waals surface area contributed by atoms with E-state index in [2.05, 4.69) is 10.3 Å². The minimum atomic E-state index is -0.364. The number of hydrogen-bond acceptors (Lipinski definition) is 4. The zero-order valence-corrected chi connectivity index (χ0v) is 14.3. The highest BCUT2D eigenvalue weighted by Gasteiger charge is 2.12. The van der Waals surface area contributed by atoms with Crippen molar-refractivity contribution in [3.8, 4) is 11.5 Å². The number of carbonyl (C=O) groups is 1. The fourth-order valence-corrected chi connectivity index (χ4v) is 2.42. The van der Waals surface area contributed by atoms with Crippen LogP contribution in [0, 0.1) is 12.8 Å². The second kappa shape index (κ2) is 8.45. The van der Waals surface area contributed by atoms with Crippen LogP contribution in [0.25, 0.3) is 0 Å². The lowest BCUT2D eigenvalue weighted by molar-refractivity contribution is 0.0939. The standard InChI is InChI=1S/C19H24N2O3/c1-13(10-15(3)22)12-21-19(23)16-5-4-14(2)18(11-16)24-17-6-8-20-9-7-17/h4-9,11,13,15,22H,10,12H2,1-3H3,(H,21,23). The summed E-state index contributed by atoms with van der Waals surface area (Å²) in [4.78, 5) is 16.3. The first kappa shape index (κ1) is 17.9. The van der Waals surface area contributed by atoms with E-state index in [0.717, 1.165) is 5.56 Å². The lowest BCUT2D eigenvalue weighted by Gasteiger charge is -2.15. The van der Waals surface area contributed by atoms with E-state index in [-0.39, 0.29) is 17.9 Å². The van der Waals surface area contributed by atoms with Crippen molar-refractivity contribution in [3.63, 3.8) is 0 Å². The van der Waals surface area contributed by atoms with Crippen LogP contribution in [0.3, 0.4) is 0 Å². The maximum absolute atomic E-state index is 12.3. The smallest absolute Gasteiger partial charge is 0.251 e. The van der Waals surface area contributed by atoms with E-state index in [9.17, 15) is 9.90 Å². The third kappa shape index (κ3) is 5.35. The number of amides is 1. The fraction of sp³-hybridized carbons (Fsp3) is 0.368. The van der Waals surface area contributed by atoms with Gasteiger partial charge in [-0.2, -0.15) is 0 Å². The highest BCUT2D eigenvalue weighted by atomic mass is 16.5. The maximum Gasteiger partial charge on any atom is 0.251 e. The van der Waals surface area contributed by atoms with Crippen molar-refractivity contribution < 1.29 is 14.6 Å². The minimum Gasteiger partial charge on any atom is -0.457 e. The highest BCUT2D eigenvalue weighted by Crippen LogP contribution is 2.25. The van der Waals surface area contributed by atoms with Crippen molar-refractivity contribution in [1.82, 2.24) is 10.3 Å². The Labute approximate surface area is 142 Å². The summed E-state index contributed by atoms with van der Waals surface area (Å²) < 4.78 is 5.83. The molecule has 1 aromatic carbocycles. The second-order valence-electron chi connectivity index (χ2n) is 6.17. The molecule has 5 heteroatoms. The Hall–Kier alpha value is -2.40. The van der Waals surface area contributed by atoms with Gasteiger partial charge in [-0.05, 0) is 56.0 Å². The van der Waals surface area contributed by atoms with Gasteiger partial charge in [-0.25, -0.2) is 0 Å². The van der Waals surface area contributed by atoms with Crippen molar-refractivity contribution in [2.75, 3.05) is 6.54 Å². The zero-order chi connectivity index (χ0) is 17.5. The van der Waals surface area contributed by atoms with Crippen molar-refractivity contribution in [1.29, 1.82) is 0 Å². The molecular weight excluding hydrogens is 304 g/mol. The van der Waals surface area contributed by atoms with Crippen LogP contribution in [0.15, 0.2) is 42.7 Å². The van der Waals surface area contributed by atoms with Crippen LogP contribution in [-0.4, -0.2) is 28.6 Å². The number of aliphatic hydroxyl groups is 1. The van der Waals surface area contributed by atoms with Gasteiger partial charge in [0.2, 0.25) is 0 Å². The Morgan fingerprint density at radius 3 is 2.62 bits per heavy atom. The normalized spacial score (nSPS) is 13.2. The third-order valence-electron chi connectivity index (χ3n) is 3.68. The predicted molar refractivity (Wildman–Crippen MR) is 93.3 cm³/mol. The van der Waals surface area contributed by atoms with Crippen LogP contribution in [0.5, 0.6) is 11.5 Å². The lowest BCUT2D eigenvalue weighted by Crippen LogP contribution is -2.29. The molecular formula is C19H24N2O3. The number of benzene rings is 1. The summed E-state index contributed by atoms with van der Waals surface area (Å²) in [6, 6.07) is 8.92. The van der Waals surface area contributed by atoms with Gasteiger partial charge in [0.1, 0.15) is 11.5 Å². The number of nitrogens with one attached hydrogen (secondary N) is 1. The molecule has 1 heterocycles. The number of hydrogen-bond donors (Lipinski definition) is 2. The number of aromatic nitrogens is 1. The quantitative estimate of drug-likeness (QED) is 0.818. The number of pyridine rings is 1. The predicted octanol–water partition coefficient (Wildman–Crippen LogP) is 3.32. The summed E-state index contributed by atoms with van der Waals surface area (Å²) in [5.41, 5.74) is 1.50. The fourth-order valence-electron chi connectivity index (χ4n) is 2.42. The molecule has 0 fully saturated rings. The van der Waals surface area contributed by atoms with Gasteiger partial charge in [0.25, 0.3) is 5.91 Å². The average molecular weight is 328 g/mol. The van der Waals surface area contributed by atoms with Gasteiger partial charge in [-0.1, -0.05) is 13.0 Å². The second-order valence-corrected chi connectivity index (χ2v) is 6.17. The molecule has 0 saturated carbocycles. The van der Waals surface area contributed by atoms with E-state index >= 15 is 0 Å². The van der Waals surface area contributed by atoms with Crippen LogP contribution in [0.4, 0.5) is 0 Å². The topological polar surface area (TPSA) is 71.5 Å². The van der Waals surface area contributed by atoms with Crippen LogP contribution < -0.4 is 10.1 Å². The number of nitrogens with zero attached hydrogens (tertiary/aromatic N) is 1. The first-order valence-corrected chi connectivity index (χ1v) is 8.10. The number of aliphatic hydroxyl groups excluding tert-OH is 1. The third-order valence-corrected chi connectivity index (χ3v) is 3.68. The lowest BCUT2D eigenvalue weighted by atomic mass is 10.0. The number of aryl methyl sites for hydroxylation is 1. The average Bonchev–Trinajstić information content (AvgIpc) is 2.55. The van der Waals surface area contributed by atoms with Gasteiger partial charge in [-0.15, -0.1) is 0 Å². The Morgan fingerprint density at radius 1 is 1.25 bits per heavy atom. The summed E-state index contributed by atoms with van der Waals surface area (Å²) >= 11 is 0.